The predicted octanol–water partition coefficient (Wildman–Crippen LogP) is 1.81. The largest absolute Gasteiger partial charge is 0.469 e. The summed E-state index contributed by atoms with van der Waals surface area (Å²) in [7, 11) is 1.35. The summed E-state index contributed by atoms with van der Waals surface area (Å²) in [5, 5.41) is 0. The number of hydrogen-bond acceptors (Lipinski definition) is 5. The third-order valence-corrected chi connectivity index (χ3v) is 4.89. The van der Waals surface area contributed by atoms with Crippen molar-refractivity contribution in [3.8, 4) is 0 Å². The van der Waals surface area contributed by atoms with Gasteiger partial charge in [-0.25, -0.2) is 0 Å². The minimum Gasteiger partial charge on any atom is -0.469 e. The molecule has 1 amide bonds. The molecule has 7 heteroatoms. The van der Waals surface area contributed by atoms with E-state index >= 15 is 0 Å². The van der Waals surface area contributed by atoms with Crippen molar-refractivity contribution in [1.29, 1.82) is 0 Å². The summed E-state index contributed by atoms with van der Waals surface area (Å²) in [5.41, 5.74) is 1.89. The fourth-order valence-electron chi connectivity index (χ4n) is 3.01. The van der Waals surface area contributed by atoms with Crippen LogP contribution in [-0.4, -0.2) is 51.8 Å². The highest BCUT2D eigenvalue weighted by Gasteiger charge is 2.36. The van der Waals surface area contributed by atoms with E-state index in [-0.39, 0.29) is 24.2 Å². The molecule has 0 unspecified atom stereocenters. The first-order chi connectivity index (χ1) is 11.1. The summed E-state index contributed by atoms with van der Waals surface area (Å²) < 4.78 is 11.1. The fourth-order valence-corrected chi connectivity index (χ4v) is 3.62. The van der Waals surface area contributed by atoms with E-state index < -0.39 is 0 Å². The summed E-state index contributed by atoms with van der Waals surface area (Å²) >= 11 is 3.60. The van der Waals surface area contributed by atoms with Crippen LogP contribution in [0.5, 0.6) is 0 Å². The van der Waals surface area contributed by atoms with Crippen LogP contribution in [0.25, 0.3) is 0 Å². The highest BCUT2D eigenvalue weighted by molar-refractivity contribution is 9.10. The molecule has 1 aromatic rings. The molecule has 0 saturated carbocycles. The Kier molecular flexibility index (Phi) is 4.87. The van der Waals surface area contributed by atoms with Gasteiger partial charge in [0.1, 0.15) is 0 Å². The van der Waals surface area contributed by atoms with E-state index in [9.17, 15) is 9.59 Å². The monoisotopic (exact) mass is 382 g/mol. The Morgan fingerprint density at radius 3 is 2.74 bits per heavy atom. The van der Waals surface area contributed by atoms with Crippen LogP contribution in [0.1, 0.15) is 6.42 Å². The van der Waals surface area contributed by atoms with Crippen molar-refractivity contribution < 1.29 is 19.1 Å². The normalized spacial score (nSPS) is 21.7. The van der Waals surface area contributed by atoms with Crippen LogP contribution in [0.4, 0.5) is 11.4 Å². The molecule has 3 rings (SSSR count). The molecule has 0 radical (unpaired) electrons. The standard InChI is InChI=1S/C16H19BrN2O4/c1-22-16(21)11-8-15(20)19(10-11)12-2-3-14(13(17)9-12)18-4-6-23-7-5-18/h2-3,9,11H,4-8,10H2,1H3/t11-/m1/s1. The fraction of sp³-hybridized carbons (Fsp3) is 0.500. The molecule has 23 heavy (non-hydrogen) atoms. The van der Waals surface area contributed by atoms with E-state index in [1.807, 2.05) is 18.2 Å². The molecule has 2 saturated heterocycles. The van der Waals surface area contributed by atoms with E-state index in [0.29, 0.717) is 6.54 Å². The predicted molar refractivity (Wildman–Crippen MR) is 89.7 cm³/mol. The molecule has 1 aromatic carbocycles. The summed E-state index contributed by atoms with van der Waals surface area (Å²) in [6, 6.07) is 5.86. The number of benzene rings is 1. The molecule has 2 aliphatic rings. The smallest absolute Gasteiger partial charge is 0.311 e. The van der Waals surface area contributed by atoms with Crippen LogP contribution in [0, 0.1) is 5.92 Å². The lowest BCUT2D eigenvalue weighted by molar-refractivity contribution is -0.145. The Labute approximate surface area is 143 Å². The molecule has 124 valence electrons. The first-order valence-corrected chi connectivity index (χ1v) is 8.40. The molecule has 0 aliphatic carbocycles. The lowest BCUT2D eigenvalue weighted by Crippen LogP contribution is -2.36. The van der Waals surface area contributed by atoms with Crippen molar-refractivity contribution in [2.24, 2.45) is 5.92 Å². The topological polar surface area (TPSA) is 59.1 Å². The average molecular weight is 383 g/mol. The van der Waals surface area contributed by atoms with E-state index in [4.69, 9.17) is 9.47 Å². The maximum atomic E-state index is 12.2. The second-order valence-corrected chi connectivity index (χ2v) is 6.52. The molecule has 0 bridgehead atoms. The van der Waals surface area contributed by atoms with Gasteiger partial charge in [0.05, 0.1) is 31.9 Å². The van der Waals surface area contributed by atoms with Gasteiger partial charge < -0.3 is 19.3 Å². The SMILES string of the molecule is COC(=O)[C@@H]1CC(=O)N(c2ccc(N3CCOCC3)c(Br)c2)C1. The first-order valence-electron chi connectivity index (χ1n) is 7.60. The number of ether oxygens (including phenoxy) is 2. The van der Waals surface area contributed by atoms with Crippen molar-refractivity contribution in [3.05, 3.63) is 22.7 Å². The van der Waals surface area contributed by atoms with Gasteiger partial charge in [0.15, 0.2) is 0 Å². The Morgan fingerprint density at radius 1 is 1.35 bits per heavy atom. The maximum absolute atomic E-state index is 12.2. The zero-order chi connectivity index (χ0) is 16.4. The number of rotatable bonds is 3. The number of methoxy groups -OCH3 is 1. The van der Waals surface area contributed by atoms with Gasteiger partial charge in [0, 0.05) is 36.2 Å². The number of morpholine rings is 1. The molecule has 0 N–H and O–H groups in total. The summed E-state index contributed by atoms with van der Waals surface area (Å²) in [6.07, 6.45) is 0.204. The number of hydrogen-bond donors (Lipinski definition) is 0. The van der Waals surface area contributed by atoms with E-state index in [1.54, 1.807) is 4.90 Å². The average Bonchev–Trinajstić information content (AvgIpc) is 2.96. The van der Waals surface area contributed by atoms with Crippen molar-refractivity contribution in [3.63, 3.8) is 0 Å². The van der Waals surface area contributed by atoms with Gasteiger partial charge in [0.2, 0.25) is 5.91 Å². The molecular weight excluding hydrogens is 364 g/mol. The highest BCUT2D eigenvalue weighted by Crippen LogP contribution is 2.33. The minimum atomic E-state index is -0.384. The van der Waals surface area contributed by atoms with Crippen molar-refractivity contribution in [1.82, 2.24) is 0 Å². The van der Waals surface area contributed by atoms with Crippen LogP contribution in [0.3, 0.4) is 0 Å². The lowest BCUT2D eigenvalue weighted by atomic mass is 10.1. The Bertz CT molecular complexity index is 616. The summed E-state index contributed by atoms with van der Waals surface area (Å²) in [4.78, 5) is 27.7. The van der Waals surface area contributed by atoms with Gasteiger partial charge in [-0.05, 0) is 34.1 Å². The third kappa shape index (κ3) is 3.35. The highest BCUT2D eigenvalue weighted by atomic mass is 79.9. The molecule has 2 heterocycles. The molecule has 1 atom stereocenters. The van der Waals surface area contributed by atoms with Crippen LogP contribution in [0.15, 0.2) is 22.7 Å². The van der Waals surface area contributed by atoms with Gasteiger partial charge in [-0.1, -0.05) is 0 Å². The Hall–Kier alpha value is -1.60. The van der Waals surface area contributed by atoms with E-state index in [0.717, 1.165) is 42.2 Å². The zero-order valence-corrected chi connectivity index (χ0v) is 14.5. The van der Waals surface area contributed by atoms with Gasteiger partial charge >= 0.3 is 5.97 Å². The number of nitrogens with zero attached hydrogens (tertiary/aromatic N) is 2. The maximum Gasteiger partial charge on any atom is 0.311 e. The van der Waals surface area contributed by atoms with Crippen LogP contribution in [0.2, 0.25) is 0 Å². The third-order valence-electron chi connectivity index (χ3n) is 4.25. The number of amides is 1. The van der Waals surface area contributed by atoms with Crippen molar-refractivity contribution in [2.75, 3.05) is 49.8 Å². The van der Waals surface area contributed by atoms with Crippen LogP contribution >= 0.6 is 15.9 Å². The number of carbonyl (C=O) groups is 2. The van der Waals surface area contributed by atoms with Crippen LogP contribution < -0.4 is 9.80 Å². The number of halogens is 1. The summed E-state index contributed by atoms with van der Waals surface area (Å²) in [6.45, 7) is 3.52. The van der Waals surface area contributed by atoms with Gasteiger partial charge in [-0.3, -0.25) is 9.59 Å². The van der Waals surface area contributed by atoms with Gasteiger partial charge in [-0.2, -0.15) is 0 Å². The first kappa shape index (κ1) is 16.3. The van der Waals surface area contributed by atoms with Crippen molar-refractivity contribution in [2.45, 2.75) is 6.42 Å². The second kappa shape index (κ2) is 6.88. The molecule has 0 aromatic heterocycles. The Balaban J connectivity index is 1.77. The molecule has 6 nitrogen and oxygen atoms in total. The van der Waals surface area contributed by atoms with Crippen molar-refractivity contribution >= 4 is 39.2 Å². The molecular formula is C16H19BrN2O4. The minimum absolute atomic E-state index is 0.0496. The lowest BCUT2D eigenvalue weighted by Gasteiger charge is -2.30. The number of esters is 1. The zero-order valence-electron chi connectivity index (χ0n) is 13.0. The van der Waals surface area contributed by atoms with E-state index in [2.05, 4.69) is 20.8 Å². The second-order valence-electron chi connectivity index (χ2n) is 5.66. The molecule has 0 spiro atoms. The Morgan fingerprint density at radius 2 is 2.09 bits per heavy atom. The van der Waals surface area contributed by atoms with Gasteiger partial charge in [0.25, 0.3) is 0 Å². The number of carbonyl (C=O) groups excluding carboxylic acids is 2. The number of anilines is 2. The molecule has 2 aliphatic heterocycles. The van der Waals surface area contributed by atoms with Crippen LogP contribution in [-0.2, 0) is 19.1 Å². The quantitative estimate of drug-likeness (QED) is 0.746. The summed E-state index contributed by atoms with van der Waals surface area (Å²) in [5.74, 6) is -0.763. The van der Waals surface area contributed by atoms with E-state index in [1.165, 1.54) is 7.11 Å². The van der Waals surface area contributed by atoms with Gasteiger partial charge in [-0.15, -0.1) is 0 Å². The molecule has 2 fully saturated rings.